The van der Waals surface area contributed by atoms with E-state index in [1.165, 1.54) is 0 Å². The van der Waals surface area contributed by atoms with Crippen molar-refractivity contribution in [3.63, 3.8) is 0 Å². The number of carbonyl (C=O) groups is 1. The van der Waals surface area contributed by atoms with Gasteiger partial charge in [-0.3, -0.25) is 0 Å². The molecule has 0 aliphatic heterocycles. The molecule has 0 aromatic rings. The van der Waals surface area contributed by atoms with Gasteiger partial charge in [-0.2, -0.15) is 0 Å². The van der Waals surface area contributed by atoms with Crippen LogP contribution in [0.4, 0.5) is 0 Å². The maximum atomic E-state index is 9.79. The first-order valence-electron chi connectivity index (χ1n) is 1.75. The SMILES string of the molecule is Cl.Cl.N[C@H](C[Se])C(=O)O. The van der Waals surface area contributed by atoms with Gasteiger partial charge in [0.25, 0.3) is 0 Å². The zero-order valence-electron chi connectivity index (χ0n) is 4.44. The van der Waals surface area contributed by atoms with E-state index in [1.807, 2.05) is 0 Å². The van der Waals surface area contributed by atoms with E-state index < -0.39 is 12.0 Å². The molecule has 57 valence electrons. The summed E-state index contributed by atoms with van der Waals surface area (Å²) in [7, 11) is 0. The Hall–Kier alpha value is 0.529. The molecule has 0 unspecified atom stereocenters. The van der Waals surface area contributed by atoms with Crippen molar-refractivity contribution in [2.75, 3.05) is 0 Å². The van der Waals surface area contributed by atoms with Crippen LogP contribution >= 0.6 is 24.8 Å². The summed E-state index contributed by atoms with van der Waals surface area (Å²) in [4.78, 5) is 9.79. The van der Waals surface area contributed by atoms with Gasteiger partial charge in [-0.05, 0) is 0 Å². The van der Waals surface area contributed by atoms with Gasteiger partial charge in [-0.25, -0.2) is 0 Å². The molecule has 0 aromatic heterocycles. The first kappa shape index (κ1) is 16.3. The molecule has 3 N–H and O–H groups in total. The zero-order chi connectivity index (χ0) is 5.86. The van der Waals surface area contributed by atoms with Crippen molar-refractivity contribution in [1.29, 1.82) is 0 Å². The predicted octanol–water partition coefficient (Wildman–Crippen LogP) is -0.171. The number of halogens is 2. The molecule has 0 saturated carbocycles. The summed E-state index contributed by atoms with van der Waals surface area (Å²) in [6.45, 7) is 0. The van der Waals surface area contributed by atoms with Crippen LogP contribution in [-0.2, 0) is 4.79 Å². The molecule has 0 saturated heterocycles. The second-order valence-corrected chi connectivity index (χ2v) is 1.81. The Morgan fingerprint density at radius 2 is 2.00 bits per heavy atom. The molecule has 0 aromatic carbocycles. The van der Waals surface area contributed by atoms with E-state index >= 15 is 0 Å². The first-order valence-corrected chi connectivity index (χ1v) is 2.96. The van der Waals surface area contributed by atoms with E-state index in [1.54, 1.807) is 0 Å². The maximum absolute atomic E-state index is 9.79. The Morgan fingerprint density at radius 3 is 2.00 bits per heavy atom. The summed E-state index contributed by atoms with van der Waals surface area (Å²) in [6.07, 6.45) is 0. The normalized spacial score (nSPS) is 10.4. The molecule has 6 heteroatoms. The van der Waals surface area contributed by atoms with Crippen LogP contribution in [0.5, 0.6) is 0 Å². The monoisotopic (exact) mass is 240 g/mol. The summed E-state index contributed by atoms with van der Waals surface area (Å²) < 4.78 is 0. The van der Waals surface area contributed by atoms with E-state index in [-0.39, 0.29) is 24.8 Å². The van der Waals surface area contributed by atoms with Gasteiger partial charge in [0.2, 0.25) is 0 Å². The second kappa shape index (κ2) is 8.53. The molecule has 0 amide bonds. The number of rotatable bonds is 2. The molecule has 0 aliphatic rings. The third-order valence-corrected chi connectivity index (χ3v) is 1.25. The Balaban J connectivity index is -0.000000180. The fraction of sp³-hybridized carbons (Fsp3) is 0.667. The van der Waals surface area contributed by atoms with Crippen molar-refractivity contribution in [3.05, 3.63) is 0 Å². The summed E-state index contributed by atoms with van der Waals surface area (Å²) in [5.74, 6) is -0.959. The Bertz CT molecular complexity index is 82.2. The fourth-order valence-electron chi connectivity index (χ4n) is 0.0713. The Kier molecular flexibility index (Phi) is 15.4. The van der Waals surface area contributed by atoms with E-state index in [0.717, 1.165) is 0 Å². The van der Waals surface area contributed by atoms with Crippen molar-refractivity contribution >= 4 is 46.8 Å². The van der Waals surface area contributed by atoms with Gasteiger partial charge >= 0.3 is 49.0 Å². The summed E-state index contributed by atoms with van der Waals surface area (Å²) in [5, 5.41) is 8.41. The zero-order valence-corrected chi connectivity index (χ0v) is 7.79. The summed E-state index contributed by atoms with van der Waals surface area (Å²) in [5.41, 5.74) is 4.98. The summed E-state index contributed by atoms with van der Waals surface area (Å²) in [6, 6.07) is -0.736. The van der Waals surface area contributed by atoms with Crippen LogP contribution in [0.1, 0.15) is 0 Å². The molecular weight excluding hydrogens is 232 g/mol. The average Bonchev–Trinajstić information content (AvgIpc) is 1.65. The molecular formula is C3H8Cl2NO2Se. The van der Waals surface area contributed by atoms with Crippen molar-refractivity contribution < 1.29 is 9.90 Å². The van der Waals surface area contributed by atoms with Crippen LogP contribution in [0.15, 0.2) is 0 Å². The number of hydrogen-bond acceptors (Lipinski definition) is 2. The standard InChI is InChI=1S/C3H6NO2Se.2ClH/c4-2(1-7)3(5)6;;/h2H,1,4H2,(H,5,6);2*1H/t2-;;/m1../s1. The molecule has 3 nitrogen and oxygen atoms in total. The van der Waals surface area contributed by atoms with Gasteiger partial charge in [0.05, 0.1) is 0 Å². The van der Waals surface area contributed by atoms with Gasteiger partial charge in [0, 0.05) is 0 Å². The van der Waals surface area contributed by atoms with Gasteiger partial charge in [0.15, 0.2) is 0 Å². The van der Waals surface area contributed by atoms with Crippen LogP contribution in [-0.4, -0.2) is 33.1 Å². The van der Waals surface area contributed by atoms with Crippen LogP contribution < -0.4 is 5.73 Å². The molecule has 1 atom stereocenters. The van der Waals surface area contributed by atoms with Gasteiger partial charge in [-0.15, -0.1) is 24.8 Å². The average molecular weight is 240 g/mol. The van der Waals surface area contributed by atoms with Gasteiger partial charge < -0.3 is 0 Å². The van der Waals surface area contributed by atoms with Crippen LogP contribution in [0.2, 0.25) is 5.32 Å². The van der Waals surface area contributed by atoms with Crippen molar-refractivity contribution in [3.8, 4) is 0 Å². The minimum atomic E-state index is -0.959. The minimum absolute atomic E-state index is 0. The van der Waals surface area contributed by atoms with Gasteiger partial charge in [0.1, 0.15) is 0 Å². The van der Waals surface area contributed by atoms with Crippen LogP contribution in [0, 0.1) is 0 Å². The molecule has 0 rings (SSSR count). The molecule has 0 aliphatic carbocycles. The molecule has 0 fully saturated rings. The third kappa shape index (κ3) is 8.53. The Labute approximate surface area is 74.0 Å². The van der Waals surface area contributed by atoms with Crippen molar-refractivity contribution in [2.45, 2.75) is 11.4 Å². The number of hydrogen-bond donors (Lipinski definition) is 2. The number of nitrogens with two attached hydrogens (primary N) is 1. The molecule has 0 heterocycles. The van der Waals surface area contributed by atoms with Crippen LogP contribution in [0.25, 0.3) is 0 Å². The predicted molar refractivity (Wildman–Crippen MR) is 40.7 cm³/mol. The quantitative estimate of drug-likeness (QED) is 0.658. The summed E-state index contributed by atoms with van der Waals surface area (Å²) >= 11 is 2.52. The van der Waals surface area contributed by atoms with Crippen molar-refractivity contribution in [2.24, 2.45) is 5.73 Å². The van der Waals surface area contributed by atoms with Crippen LogP contribution in [0.3, 0.4) is 0 Å². The number of carboxylic acids is 1. The van der Waals surface area contributed by atoms with E-state index in [0.29, 0.717) is 5.32 Å². The molecule has 0 spiro atoms. The van der Waals surface area contributed by atoms with Gasteiger partial charge in [-0.1, -0.05) is 0 Å². The number of carboxylic acid groups (broad SMARTS) is 1. The Morgan fingerprint density at radius 1 is 1.67 bits per heavy atom. The van der Waals surface area contributed by atoms with E-state index in [4.69, 9.17) is 10.8 Å². The fourth-order valence-corrected chi connectivity index (χ4v) is 0.370. The molecule has 9 heavy (non-hydrogen) atoms. The van der Waals surface area contributed by atoms with E-state index in [9.17, 15) is 4.79 Å². The van der Waals surface area contributed by atoms with E-state index in [2.05, 4.69) is 16.0 Å². The van der Waals surface area contributed by atoms with Crippen molar-refractivity contribution in [1.82, 2.24) is 0 Å². The molecule has 1 radical (unpaired) electrons. The first-order chi connectivity index (χ1) is 3.18. The number of aliphatic carboxylic acids is 1. The second-order valence-electron chi connectivity index (χ2n) is 1.11. The topological polar surface area (TPSA) is 63.3 Å². The third-order valence-electron chi connectivity index (χ3n) is 0.497. The molecule has 0 bridgehead atoms.